The van der Waals surface area contributed by atoms with E-state index in [0.717, 1.165) is 66.4 Å². The van der Waals surface area contributed by atoms with Crippen molar-refractivity contribution in [3.63, 3.8) is 0 Å². The number of carboxylic acids is 2. The zero-order valence-electron chi connectivity index (χ0n) is 44.6. The lowest BCUT2D eigenvalue weighted by Crippen LogP contribution is -2.54. The highest BCUT2D eigenvalue weighted by atomic mass is 32.2. The van der Waals surface area contributed by atoms with Crippen LogP contribution in [-0.4, -0.2) is 106 Å². The number of anilines is 2. The third kappa shape index (κ3) is 8.82. The maximum atomic E-state index is 13.9. The molecule has 4 aliphatic heterocycles. The summed E-state index contributed by atoms with van der Waals surface area (Å²) in [5, 5.41) is 24.9. The van der Waals surface area contributed by atoms with Gasteiger partial charge in [-0.1, -0.05) is 29.6 Å². The molecule has 0 aliphatic carbocycles. The van der Waals surface area contributed by atoms with Gasteiger partial charge in [-0.15, -0.1) is 0 Å². The molecule has 4 aromatic heterocycles. The van der Waals surface area contributed by atoms with Crippen LogP contribution in [0.15, 0.2) is 54.9 Å². The Hall–Kier alpha value is -6.51. The van der Waals surface area contributed by atoms with Crippen molar-refractivity contribution in [2.45, 2.75) is 110 Å². The van der Waals surface area contributed by atoms with E-state index in [0.29, 0.717) is 110 Å². The van der Waals surface area contributed by atoms with Gasteiger partial charge in [-0.25, -0.2) is 28.0 Å². The van der Waals surface area contributed by atoms with Crippen LogP contribution in [0.3, 0.4) is 0 Å². The minimum atomic E-state index is -3.25. The van der Waals surface area contributed by atoms with Gasteiger partial charge in [0.05, 0.1) is 54.5 Å². The number of nitrogens with zero attached hydrogens (tertiary/aromatic N) is 6. The first kappa shape index (κ1) is 51.3. The zero-order valence-corrected chi connectivity index (χ0v) is 47.1. The molecule has 0 radical (unpaired) electrons. The Labute approximate surface area is 453 Å². The van der Waals surface area contributed by atoms with Crippen molar-refractivity contribution in [1.29, 1.82) is 0 Å². The summed E-state index contributed by atoms with van der Waals surface area (Å²) in [6, 6.07) is 13.7. The first-order valence-corrected chi connectivity index (χ1v) is 29.5. The topological polar surface area (TPSA) is 204 Å². The molecule has 1 unspecified atom stereocenters. The Balaban J connectivity index is 1.06. The van der Waals surface area contributed by atoms with Gasteiger partial charge >= 0.3 is 11.9 Å². The monoisotopic (exact) mass is 1100 g/mol. The molecule has 77 heavy (non-hydrogen) atoms. The van der Waals surface area contributed by atoms with Gasteiger partial charge in [-0.05, 0) is 126 Å². The molecule has 4 aromatic carbocycles. The van der Waals surface area contributed by atoms with Crippen LogP contribution in [0.5, 0.6) is 11.5 Å². The van der Waals surface area contributed by atoms with Crippen molar-refractivity contribution in [3.8, 4) is 33.8 Å². The van der Waals surface area contributed by atoms with E-state index in [4.69, 9.17) is 38.9 Å². The maximum Gasteiger partial charge on any atom is 0.337 e. The van der Waals surface area contributed by atoms with Crippen LogP contribution in [0.2, 0.25) is 0 Å². The van der Waals surface area contributed by atoms with Gasteiger partial charge in [0.25, 0.3) is 0 Å². The smallest absolute Gasteiger partial charge is 0.337 e. The Morgan fingerprint density at radius 3 is 1.91 bits per heavy atom. The normalized spacial score (nSPS) is 17.9. The fourth-order valence-electron chi connectivity index (χ4n) is 11.7. The predicted molar refractivity (Wildman–Crippen MR) is 301 cm³/mol. The van der Waals surface area contributed by atoms with Crippen molar-refractivity contribution in [2.24, 2.45) is 5.92 Å². The van der Waals surface area contributed by atoms with E-state index in [2.05, 4.69) is 11.8 Å². The number of aromatic nitrogens is 4. The van der Waals surface area contributed by atoms with Gasteiger partial charge in [0.15, 0.2) is 32.3 Å². The van der Waals surface area contributed by atoms with Crippen LogP contribution >= 0.6 is 22.7 Å². The van der Waals surface area contributed by atoms with E-state index in [1.165, 1.54) is 17.6 Å². The average Bonchev–Trinajstić information content (AvgIpc) is 3.98. The standard InChI is InChI=1S/C58H60N6O10S3/c1-27-23-63(24-27)56-62-48-40(29(3)41(50(54(67)68)74-58(7,8)9)45(52(48)76-56)34-11-13-36-42-30(17-20-71-36)15-18-59-46(34)42)38-22-31-16-19-60-47-33(12-14-37(72-38)43(31)47)44-39(49(53(65)66)73-57(4,5)6)28(2)21-35-51(44)75-55(61-35)64-25-32(26-64)77(10,69)70/h11-16,18-19,21,27,32,38,49-50H,17,20,22-26H2,1-10H3,(H,65,66)(H,67,68)/t38?,49-,50-/m0/s1. The Morgan fingerprint density at radius 2 is 1.30 bits per heavy atom. The van der Waals surface area contributed by atoms with Gasteiger partial charge in [0, 0.05) is 107 Å². The fraction of sp³-hybridized carbons (Fsp3) is 0.414. The minimum Gasteiger partial charge on any atom is -0.493 e. The average molecular weight is 1100 g/mol. The lowest BCUT2D eigenvalue weighted by atomic mass is 9.83. The fourth-order valence-corrected chi connectivity index (χ4v) is 14.9. The van der Waals surface area contributed by atoms with Gasteiger partial charge in [-0.2, -0.15) is 0 Å². The number of hydrogen-bond donors (Lipinski definition) is 2. The molecular formula is C58H60N6O10S3. The van der Waals surface area contributed by atoms with Crippen LogP contribution in [0.1, 0.15) is 106 Å². The number of hydrogen-bond acceptors (Lipinski definition) is 16. The second-order valence-corrected chi connectivity index (χ2v) is 27.4. The number of carbonyl (C=O) groups is 2. The molecule has 400 valence electrons. The lowest BCUT2D eigenvalue weighted by molar-refractivity contribution is -0.161. The Morgan fingerprint density at radius 1 is 0.740 bits per heavy atom. The number of pyridine rings is 2. The third-order valence-electron chi connectivity index (χ3n) is 15.1. The molecule has 8 heterocycles. The van der Waals surface area contributed by atoms with Gasteiger partial charge in [0.1, 0.15) is 17.6 Å². The highest BCUT2D eigenvalue weighted by molar-refractivity contribution is 7.91. The predicted octanol–water partition coefficient (Wildman–Crippen LogP) is 11.1. The number of benzene rings is 4. The van der Waals surface area contributed by atoms with E-state index >= 15 is 0 Å². The molecule has 4 aliphatic rings. The number of aliphatic carboxylic acids is 2. The first-order chi connectivity index (χ1) is 36.4. The first-order valence-electron chi connectivity index (χ1n) is 25.9. The lowest BCUT2D eigenvalue weighted by Gasteiger charge is -2.37. The van der Waals surface area contributed by atoms with E-state index < -0.39 is 56.5 Å². The largest absolute Gasteiger partial charge is 0.493 e. The molecule has 0 bridgehead atoms. The van der Waals surface area contributed by atoms with Crippen molar-refractivity contribution in [1.82, 2.24) is 19.9 Å². The summed E-state index contributed by atoms with van der Waals surface area (Å²) in [6.45, 7) is 19.9. The zero-order chi connectivity index (χ0) is 54.4. The molecule has 16 nitrogen and oxygen atoms in total. The number of aryl methyl sites for hydroxylation is 1. The molecular weight excluding hydrogens is 1040 g/mol. The van der Waals surface area contributed by atoms with E-state index in [1.807, 2.05) is 109 Å². The van der Waals surface area contributed by atoms with Crippen molar-refractivity contribution in [3.05, 3.63) is 93.8 Å². The molecule has 2 saturated heterocycles. The number of thiazole rings is 2. The van der Waals surface area contributed by atoms with Crippen molar-refractivity contribution >= 4 is 97.0 Å². The highest BCUT2D eigenvalue weighted by Gasteiger charge is 2.41. The van der Waals surface area contributed by atoms with E-state index in [9.17, 15) is 28.2 Å². The van der Waals surface area contributed by atoms with Crippen LogP contribution in [0.25, 0.3) is 64.5 Å². The Bertz CT molecular complexity index is 3900. The quantitative estimate of drug-likeness (QED) is 0.117. The minimum absolute atomic E-state index is 0.305. The van der Waals surface area contributed by atoms with E-state index in [1.54, 1.807) is 17.5 Å². The summed E-state index contributed by atoms with van der Waals surface area (Å²) in [6.07, 6.45) is 2.48. The number of rotatable bonds is 12. The second kappa shape index (κ2) is 18.3. The second-order valence-electron chi connectivity index (χ2n) is 23.1. The van der Waals surface area contributed by atoms with Gasteiger partial charge < -0.3 is 39.0 Å². The number of fused-ring (bicyclic) bond motifs is 2. The van der Waals surface area contributed by atoms with Gasteiger partial charge in [-0.3, -0.25) is 9.97 Å². The molecule has 2 fully saturated rings. The van der Waals surface area contributed by atoms with Gasteiger partial charge in [0.2, 0.25) is 0 Å². The number of ether oxygens (including phenoxy) is 4. The number of sulfone groups is 1. The summed E-state index contributed by atoms with van der Waals surface area (Å²) in [7, 11) is -3.25. The molecule has 0 spiro atoms. The third-order valence-corrected chi connectivity index (χ3v) is 18.9. The summed E-state index contributed by atoms with van der Waals surface area (Å²) in [4.78, 5) is 52.1. The van der Waals surface area contributed by atoms with Crippen LogP contribution in [0.4, 0.5) is 10.3 Å². The highest BCUT2D eigenvalue weighted by Crippen LogP contribution is 2.54. The van der Waals surface area contributed by atoms with Crippen LogP contribution in [-0.2, 0) is 41.7 Å². The summed E-state index contributed by atoms with van der Waals surface area (Å²) in [5.41, 5.74) is 8.81. The molecule has 2 N–H and O–H groups in total. The number of carboxylic acid groups (broad SMARTS) is 2. The van der Waals surface area contributed by atoms with Crippen molar-refractivity contribution < 1.29 is 47.2 Å². The van der Waals surface area contributed by atoms with E-state index in [-0.39, 0.29) is 0 Å². The summed E-state index contributed by atoms with van der Waals surface area (Å²) >= 11 is 2.93. The molecule has 0 saturated carbocycles. The summed E-state index contributed by atoms with van der Waals surface area (Å²) < 4.78 is 52.9. The molecule has 12 rings (SSSR count). The Kier molecular flexibility index (Phi) is 12.2. The van der Waals surface area contributed by atoms with Crippen LogP contribution in [0, 0.1) is 19.8 Å². The molecule has 19 heteroatoms. The maximum absolute atomic E-state index is 13.9. The summed E-state index contributed by atoms with van der Waals surface area (Å²) in [5.74, 6) is -0.515. The molecule has 0 amide bonds. The molecule has 3 atom stereocenters. The SMILES string of the molecule is Cc1cc2nc(N3CC(S(C)(=O)=O)C3)sc2c(-c2ccc3c4c(ccnc24)CC(c2c(C)c([C@H](OC(C)(C)C)C(=O)O)c(-c4ccc5c6c(ccnc46)CCO5)c4sc(N5CC(C)C5)nc24)O3)c1[C@H](OC(C)(C)C)C(=O)O. The molecule has 8 aromatic rings. The van der Waals surface area contributed by atoms with Crippen molar-refractivity contribution in [2.75, 3.05) is 48.8 Å². The van der Waals surface area contributed by atoms with Crippen LogP contribution < -0.4 is 19.3 Å².